The van der Waals surface area contributed by atoms with Crippen LogP contribution in [0.5, 0.6) is 17.2 Å². The van der Waals surface area contributed by atoms with Gasteiger partial charge in [0.05, 0.1) is 12.8 Å². The zero-order valence-electron chi connectivity index (χ0n) is 13.7. The summed E-state index contributed by atoms with van der Waals surface area (Å²) in [5.74, 6) is 0.804. The molecule has 0 atom stereocenters. The molecule has 126 valence electrons. The molecule has 2 N–H and O–H groups in total. The molecule has 0 aliphatic heterocycles. The smallest absolute Gasteiger partial charge is 0.277 e. The number of carbonyl (C=O) groups is 1. The van der Waals surface area contributed by atoms with Crippen LogP contribution in [0.2, 0.25) is 0 Å². The van der Waals surface area contributed by atoms with E-state index in [0.717, 1.165) is 5.56 Å². The number of aromatic hydroxyl groups is 1. The Hall–Kier alpha value is -3.02. The average molecular weight is 328 g/mol. The lowest BCUT2D eigenvalue weighted by Gasteiger charge is -2.10. The number of carbonyl (C=O) groups excluding carboxylic acids is 1. The molecule has 6 heteroatoms. The van der Waals surface area contributed by atoms with Crippen LogP contribution in [0.25, 0.3) is 0 Å². The fourth-order valence-electron chi connectivity index (χ4n) is 1.98. The van der Waals surface area contributed by atoms with Gasteiger partial charge in [0.25, 0.3) is 5.91 Å². The van der Waals surface area contributed by atoms with Crippen molar-refractivity contribution >= 4 is 12.1 Å². The van der Waals surface area contributed by atoms with Crippen LogP contribution in [0, 0.1) is 6.92 Å². The molecule has 24 heavy (non-hydrogen) atoms. The number of hydrogen-bond donors (Lipinski definition) is 2. The molecule has 6 nitrogen and oxygen atoms in total. The lowest BCUT2D eigenvalue weighted by molar-refractivity contribution is -0.123. The average Bonchev–Trinajstić information content (AvgIpc) is 2.58. The maximum absolute atomic E-state index is 11.8. The van der Waals surface area contributed by atoms with Crippen LogP contribution in [-0.4, -0.2) is 30.4 Å². The molecule has 2 aromatic carbocycles. The first-order chi connectivity index (χ1) is 11.6. The van der Waals surface area contributed by atoms with E-state index in [1.807, 2.05) is 13.0 Å². The number of ether oxygens (including phenoxy) is 2. The number of phenolic OH excluding ortho intramolecular Hbond substituents is 1. The molecule has 0 saturated carbocycles. The third-order valence-corrected chi connectivity index (χ3v) is 3.17. The van der Waals surface area contributed by atoms with Gasteiger partial charge in [0.15, 0.2) is 18.1 Å². The third-order valence-electron chi connectivity index (χ3n) is 3.17. The monoisotopic (exact) mass is 328 g/mol. The van der Waals surface area contributed by atoms with E-state index >= 15 is 0 Å². The molecule has 0 fully saturated rings. The van der Waals surface area contributed by atoms with E-state index in [1.165, 1.54) is 6.21 Å². The lowest BCUT2D eigenvalue weighted by Crippen LogP contribution is -2.24. The first-order valence-corrected chi connectivity index (χ1v) is 7.57. The van der Waals surface area contributed by atoms with Gasteiger partial charge in [0.1, 0.15) is 5.75 Å². The van der Waals surface area contributed by atoms with Gasteiger partial charge in [-0.2, -0.15) is 5.10 Å². The minimum absolute atomic E-state index is 0.136. The Kier molecular flexibility index (Phi) is 6.19. The SMILES string of the molecule is CCOc1ccccc1OCC(=O)N/N=C/c1cccc(C)c1O. The second-order valence-electron chi connectivity index (χ2n) is 4.97. The highest BCUT2D eigenvalue weighted by atomic mass is 16.5. The first kappa shape index (κ1) is 17.3. The van der Waals surface area contributed by atoms with Gasteiger partial charge in [0, 0.05) is 5.56 Å². The quantitative estimate of drug-likeness (QED) is 0.605. The van der Waals surface area contributed by atoms with Crippen LogP contribution in [0.3, 0.4) is 0 Å². The Balaban J connectivity index is 1.88. The summed E-state index contributed by atoms with van der Waals surface area (Å²) < 4.78 is 10.9. The van der Waals surface area contributed by atoms with Crippen LogP contribution in [0.4, 0.5) is 0 Å². The van der Waals surface area contributed by atoms with Crippen molar-refractivity contribution in [3.05, 3.63) is 53.6 Å². The number of phenols is 1. The van der Waals surface area contributed by atoms with Gasteiger partial charge in [-0.25, -0.2) is 5.43 Å². The maximum atomic E-state index is 11.8. The maximum Gasteiger partial charge on any atom is 0.277 e. The molecule has 0 saturated heterocycles. The second kappa shape index (κ2) is 8.57. The molecule has 0 aromatic heterocycles. The summed E-state index contributed by atoms with van der Waals surface area (Å²) in [6.45, 7) is 3.98. The van der Waals surface area contributed by atoms with Crippen LogP contribution >= 0.6 is 0 Å². The van der Waals surface area contributed by atoms with Crippen molar-refractivity contribution in [1.29, 1.82) is 0 Å². The molecule has 2 rings (SSSR count). The number of nitrogens with zero attached hydrogens (tertiary/aromatic N) is 1. The molecule has 0 spiro atoms. The van der Waals surface area contributed by atoms with Crippen molar-refractivity contribution in [3.63, 3.8) is 0 Å². The second-order valence-corrected chi connectivity index (χ2v) is 4.97. The summed E-state index contributed by atoms with van der Waals surface area (Å²) >= 11 is 0. The van der Waals surface area contributed by atoms with Crippen molar-refractivity contribution in [2.24, 2.45) is 5.10 Å². The summed E-state index contributed by atoms with van der Waals surface area (Å²) in [5, 5.41) is 13.7. The number of para-hydroxylation sites is 3. The van der Waals surface area contributed by atoms with Crippen LogP contribution < -0.4 is 14.9 Å². The molecule has 2 aromatic rings. The Labute approximate surface area is 140 Å². The predicted octanol–water partition coefficient (Wildman–Crippen LogP) is 2.63. The standard InChI is InChI=1S/C18H20N2O4/c1-3-23-15-9-4-5-10-16(15)24-12-17(21)20-19-11-14-8-6-7-13(2)18(14)22/h4-11,22H,3,12H2,1-2H3,(H,20,21)/b19-11+. The summed E-state index contributed by atoms with van der Waals surface area (Å²) in [6, 6.07) is 12.4. The number of amides is 1. The molecule has 0 bridgehead atoms. The van der Waals surface area contributed by atoms with Crippen molar-refractivity contribution in [1.82, 2.24) is 5.43 Å². The fraction of sp³-hybridized carbons (Fsp3) is 0.222. The number of hydrogen-bond acceptors (Lipinski definition) is 5. The Bertz CT molecular complexity index is 729. The van der Waals surface area contributed by atoms with E-state index in [2.05, 4.69) is 10.5 Å². The normalized spacial score (nSPS) is 10.6. The van der Waals surface area contributed by atoms with Gasteiger partial charge >= 0.3 is 0 Å². The predicted molar refractivity (Wildman–Crippen MR) is 91.7 cm³/mol. The Morgan fingerprint density at radius 2 is 1.88 bits per heavy atom. The van der Waals surface area contributed by atoms with Gasteiger partial charge in [-0.3, -0.25) is 4.79 Å². The zero-order chi connectivity index (χ0) is 17.4. The molecule has 0 radical (unpaired) electrons. The highest BCUT2D eigenvalue weighted by Crippen LogP contribution is 2.26. The van der Waals surface area contributed by atoms with Crippen LogP contribution in [-0.2, 0) is 4.79 Å². The lowest BCUT2D eigenvalue weighted by atomic mass is 10.1. The molecular formula is C18H20N2O4. The number of hydrazone groups is 1. The largest absolute Gasteiger partial charge is 0.507 e. The van der Waals surface area contributed by atoms with Gasteiger partial charge in [0.2, 0.25) is 0 Å². The molecule has 0 aliphatic carbocycles. The van der Waals surface area contributed by atoms with Crippen LogP contribution in [0.1, 0.15) is 18.1 Å². The third kappa shape index (κ3) is 4.74. The Morgan fingerprint density at radius 3 is 2.58 bits per heavy atom. The van der Waals surface area contributed by atoms with Crippen molar-refractivity contribution < 1.29 is 19.4 Å². The molecule has 0 aliphatic rings. The van der Waals surface area contributed by atoms with Crippen molar-refractivity contribution in [3.8, 4) is 17.2 Å². The number of rotatable bonds is 7. The van der Waals surface area contributed by atoms with Crippen molar-refractivity contribution in [2.45, 2.75) is 13.8 Å². The number of benzene rings is 2. The first-order valence-electron chi connectivity index (χ1n) is 7.57. The molecule has 1 amide bonds. The summed E-state index contributed by atoms with van der Waals surface area (Å²) in [6.07, 6.45) is 1.38. The van der Waals surface area contributed by atoms with Gasteiger partial charge in [-0.1, -0.05) is 24.3 Å². The van der Waals surface area contributed by atoms with Crippen LogP contribution in [0.15, 0.2) is 47.6 Å². The topological polar surface area (TPSA) is 80.2 Å². The van der Waals surface area contributed by atoms with E-state index in [4.69, 9.17) is 9.47 Å². The summed E-state index contributed by atoms with van der Waals surface area (Å²) in [4.78, 5) is 11.8. The molecule has 0 heterocycles. The fourth-order valence-corrected chi connectivity index (χ4v) is 1.98. The summed E-state index contributed by atoms with van der Waals surface area (Å²) in [5.41, 5.74) is 3.62. The molecular weight excluding hydrogens is 308 g/mol. The van der Waals surface area contributed by atoms with E-state index < -0.39 is 5.91 Å². The minimum Gasteiger partial charge on any atom is -0.507 e. The van der Waals surface area contributed by atoms with Gasteiger partial charge in [-0.05, 0) is 37.6 Å². The van der Waals surface area contributed by atoms with E-state index in [9.17, 15) is 9.90 Å². The number of nitrogens with one attached hydrogen (secondary N) is 1. The zero-order valence-corrected chi connectivity index (χ0v) is 13.7. The molecule has 0 unspecified atom stereocenters. The minimum atomic E-state index is -0.412. The van der Waals surface area contributed by atoms with Gasteiger partial charge in [-0.15, -0.1) is 0 Å². The highest BCUT2D eigenvalue weighted by Gasteiger charge is 2.07. The number of aryl methyl sites for hydroxylation is 1. The van der Waals surface area contributed by atoms with E-state index in [0.29, 0.717) is 23.7 Å². The highest BCUT2D eigenvalue weighted by molar-refractivity contribution is 5.85. The summed E-state index contributed by atoms with van der Waals surface area (Å²) in [7, 11) is 0. The Morgan fingerprint density at radius 1 is 1.17 bits per heavy atom. The van der Waals surface area contributed by atoms with Crippen molar-refractivity contribution in [2.75, 3.05) is 13.2 Å². The van der Waals surface area contributed by atoms with E-state index in [-0.39, 0.29) is 12.4 Å². The van der Waals surface area contributed by atoms with E-state index in [1.54, 1.807) is 43.3 Å². The van der Waals surface area contributed by atoms with Gasteiger partial charge < -0.3 is 14.6 Å².